The molecule has 1 aromatic carbocycles. The summed E-state index contributed by atoms with van der Waals surface area (Å²) in [5, 5.41) is 0. The zero-order valence-electron chi connectivity index (χ0n) is 9.50. The first-order chi connectivity index (χ1) is 8.01. The van der Waals surface area contributed by atoms with Crippen LogP contribution in [0.1, 0.15) is 5.56 Å². The van der Waals surface area contributed by atoms with Gasteiger partial charge < -0.3 is 15.2 Å². The number of carbonyl (C=O) groups excluding carboxylic acids is 1. The first-order valence-corrected chi connectivity index (χ1v) is 4.85. The van der Waals surface area contributed by atoms with E-state index >= 15 is 0 Å². The molecule has 17 heavy (non-hydrogen) atoms. The number of benzene rings is 1. The van der Waals surface area contributed by atoms with Crippen LogP contribution in [0.5, 0.6) is 5.75 Å². The summed E-state index contributed by atoms with van der Waals surface area (Å²) in [5.74, 6) is -2.46. The predicted octanol–water partition coefficient (Wildman–Crippen LogP) is 1.02. The number of carbonyl (C=O) groups is 1. The van der Waals surface area contributed by atoms with Crippen LogP contribution in [-0.2, 0) is 16.0 Å². The quantitative estimate of drug-likeness (QED) is 0.804. The summed E-state index contributed by atoms with van der Waals surface area (Å²) in [4.78, 5) is 11.1. The third kappa shape index (κ3) is 2.91. The van der Waals surface area contributed by atoms with Crippen molar-refractivity contribution in [2.24, 2.45) is 5.73 Å². The lowest BCUT2D eigenvalue weighted by atomic mass is 10.0. The molecule has 0 saturated carbocycles. The molecule has 0 saturated heterocycles. The molecule has 0 bridgehead atoms. The zero-order valence-corrected chi connectivity index (χ0v) is 9.50. The molecule has 1 unspecified atom stereocenters. The Morgan fingerprint density at radius 1 is 1.41 bits per heavy atom. The maximum atomic E-state index is 13.7. The van der Waals surface area contributed by atoms with Gasteiger partial charge in [-0.25, -0.2) is 8.78 Å². The molecule has 0 fully saturated rings. The van der Waals surface area contributed by atoms with E-state index < -0.39 is 23.6 Å². The molecule has 94 valence electrons. The fourth-order valence-corrected chi connectivity index (χ4v) is 1.38. The highest BCUT2D eigenvalue weighted by Crippen LogP contribution is 2.23. The molecule has 0 radical (unpaired) electrons. The van der Waals surface area contributed by atoms with Gasteiger partial charge in [0.2, 0.25) is 0 Å². The highest BCUT2D eigenvalue weighted by atomic mass is 19.1. The van der Waals surface area contributed by atoms with Gasteiger partial charge in [0, 0.05) is 12.0 Å². The lowest BCUT2D eigenvalue weighted by molar-refractivity contribution is -0.142. The number of methoxy groups -OCH3 is 2. The van der Waals surface area contributed by atoms with Gasteiger partial charge in [0.05, 0.1) is 14.2 Å². The summed E-state index contributed by atoms with van der Waals surface area (Å²) in [6.07, 6.45) is -0.290. The van der Waals surface area contributed by atoms with E-state index in [9.17, 15) is 13.6 Å². The molecule has 0 spiro atoms. The number of hydrogen-bond donors (Lipinski definition) is 1. The monoisotopic (exact) mass is 245 g/mol. The smallest absolute Gasteiger partial charge is 0.322 e. The van der Waals surface area contributed by atoms with Crippen LogP contribution >= 0.6 is 0 Å². The van der Waals surface area contributed by atoms with E-state index in [1.54, 1.807) is 0 Å². The molecular formula is C11H13F2NO3. The van der Waals surface area contributed by atoms with Crippen LogP contribution in [0.3, 0.4) is 0 Å². The van der Waals surface area contributed by atoms with E-state index in [1.165, 1.54) is 7.11 Å². The number of esters is 1. The maximum Gasteiger partial charge on any atom is 0.322 e. The molecule has 1 rings (SSSR count). The third-order valence-corrected chi connectivity index (χ3v) is 2.30. The Hall–Kier alpha value is -1.69. The third-order valence-electron chi connectivity index (χ3n) is 2.30. The highest BCUT2D eigenvalue weighted by Gasteiger charge is 2.21. The fourth-order valence-electron chi connectivity index (χ4n) is 1.38. The van der Waals surface area contributed by atoms with Crippen LogP contribution in [0, 0.1) is 11.6 Å². The Morgan fingerprint density at radius 2 is 2.06 bits per heavy atom. The van der Waals surface area contributed by atoms with Crippen molar-refractivity contribution in [3.05, 3.63) is 29.3 Å². The van der Waals surface area contributed by atoms with Crippen molar-refractivity contribution in [3.63, 3.8) is 0 Å². The Morgan fingerprint density at radius 3 is 2.59 bits per heavy atom. The van der Waals surface area contributed by atoms with Gasteiger partial charge in [0.1, 0.15) is 11.9 Å². The molecule has 0 amide bonds. The van der Waals surface area contributed by atoms with Crippen molar-refractivity contribution >= 4 is 5.97 Å². The van der Waals surface area contributed by atoms with E-state index in [2.05, 4.69) is 4.74 Å². The zero-order chi connectivity index (χ0) is 13.0. The standard InChI is InChI=1S/C11H13F2NO3/c1-16-9-4-3-7(12)6(10(9)13)5-8(14)11(15)17-2/h3-4,8H,5,14H2,1-2H3. The Kier molecular flexibility index (Phi) is 4.39. The second kappa shape index (κ2) is 5.58. The lowest BCUT2D eigenvalue weighted by Gasteiger charge is -2.12. The number of nitrogens with two attached hydrogens (primary N) is 1. The average molecular weight is 245 g/mol. The minimum Gasteiger partial charge on any atom is -0.494 e. The van der Waals surface area contributed by atoms with Crippen LogP contribution in [0.2, 0.25) is 0 Å². The van der Waals surface area contributed by atoms with Crippen LogP contribution in [0.15, 0.2) is 12.1 Å². The maximum absolute atomic E-state index is 13.7. The van der Waals surface area contributed by atoms with Crippen LogP contribution < -0.4 is 10.5 Å². The Labute approximate surface area is 97.3 Å². The van der Waals surface area contributed by atoms with Gasteiger partial charge >= 0.3 is 5.97 Å². The van der Waals surface area contributed by atoms with Gasteiger partial charge in [0.25, 0.3) is 0 Å². The predicted molar refractivity (Wildman–Crippen MR) is 56.6 cm³/mol. The fraction of sp³-hybridized carbons (Fsp3) is 0.364. The molecule has 0 aromatic heterocycles. The van der Waals surface area contributed by atoms with Gasteiger partial charge in [0.15, 0.2) is 11.6 Å². The van der Waals surface area contributed by atoms with E-state index in [0.29, 0.717) is 0 Å². The highest BCUT2D eigenvalue weighted by molar-refractivity contribution is 5.75. The summed E-state index contributed by atoms with van der Waals surface area (Å²) in [6, 6.07) is 1.11. The number of hydrogen-bond acceptors (Lipinski definition) is 4. The first kappa shape index (κ1) is 13.4. The average Bonchev–Trinajstić information content (AvgIpc) is 2.33. The summed E-state index contributed by atoms with van der Waals surface area (Å²) >= 11 is 0. The van der Waals surface area contributed by atoms with Crippen molar-refractivity contribution in [2.45, 2.75) is 12.5 Å². The van der Waals surface area contributed by atoms with Crippen molar-refractivity contribution in [3.8, 4) is 5.75 Å². The molecule has 1 aromatic rings. The second-order valence-corrected chi connectivity index (χ2v) is 3.38. The topological polar surface area (TPSA) is 61.5 Å². The van der Waals surface area contributed by atoms with Crippen LogP contribution in [0.25, 0.3) is 0 Å². The van der Waals surface area contributed by atoms with E-state index in [0.717, 1.165) is 19.2 Å². The summed E-state index contributed by atoms with van der Waals surface area (Å²) < 4.78 is 36.2. The molecule has 0 aliphatic carbocycles. The summed E-state index contributed by atoms with van der Waals surface area (Å²) in [7, 11) is 2.42. The Balaban J connectivity index is 3.01. The molecule has 6 heteroatoms. The largest absolute Gasteiger partial charge is 0.494 e. The molecular weight excluding hydrogens is 232 g/mol. The van der Waals surface area contributed by atoms with Crippen molar-refractivity contribution in [2.75, 3.05) is 14.2 Å². The molecule has 4 nitrogen and oxygen atoms in total. The lowest BCUT2D eigenvalue weighted by Crippen LogP contribution is -2.34. The molecule has 1 atom stereocenters. The van der Waals surface area contributed by atoms with Crippen LogP contribution in [-0.4, -0.2) is 26.2 Å². The SMILES string of the molecule is COC(=O)C(N)Cc1c(F)ccc(OC)c1F. The van der Waals surface area contributed by atoms with E-state index in [1.807, 2.05) is 0 Å². The van der Waals surface area contributed by atoms with Gasteiger partial charge in [-0.05, 0) is 12.1 Å². The first-order valence-electron chi connectivity index (χ1n) is 4.85. The minimum atomic E-state index is -1.11. The molecule has 0 aliphatic heterocycles. The summed E-state index contributed by atoms with van der Waals surface area (Å²) in [6.45, 7) is 0. The molecule has 0 aliphatic rings. The number of halogens is 2. The van der Waals surface area contributed by atoms with Gasteiger partial charge in [-0.3, -0.25) is 4.79 Å². The normalized spacial score (nSPS) is 12.1. The minimum absolute atomic E-state index is 0.0986. The van der Waals surface area contributed by atoms with Crippen molar-refractivity contribution < 1.29 is 23.0 Å². The molecule has 0 heterocycles. The van der Waals surface area contributed by atoms with Crippen molar-refractivity contribution in [1.82, 2.24) is 0 Å². The van der Waals surface area contributed by atoms with Gasteiger partial charge in [-0.1, -0.05) is 0 Å². The second-order valence-electron chi connectivity index (χ2n) is 3.38. The van der Waals surface area contributed by atoms with Crippen LogP contribution in [0.4, 0.5) is 8.78 Å². The van der Waals surface area contributed by atoms with E-state index in [-0.39, 0.29) is 17.7 Å². The van der Waals surface area contributed by atoms with Crippen molar-refractivity contribution in [1.29, 1.82) is 0 Å². The summed E-state index contributed by atoms with van der Waals surface area (Å²) in [5.41, 5.74) is 5.15. The Bertz CT molecular complexity index is 423. The molecule has 2 N–H and O–H groups in total. The van der Waals surface area contributed by atoms with Gasteiger partial charge in [-0.15, -0.1) is 0 Å². The number of ether oxygens (including phenoxy) is 2. The van der Waals surface area contributed by atoms with Gasteiger partial charge in [-0.2, -0.15) is 0 Å². The number of rotatable bonds is 4. The van der Waals surface area contributed by atoms with E-state index in [4.69, 9.17) is 10.5 Å².